The average Bonchev–Trinajstić information content (AvgIpc) is 2.94. The van der Waals surface area contributed by atoms with Gasteiger partial charge in [-0.2, -0.15) is 16.8 Å². The molecule has 0 saturated carbocycles. The van der Waals surface area contributed by atoms with Crippen LogP contribution in [0.25, 0.3) is 0 Å². The maximum Gasteiger partial charge on any atom is 0.339 e. The predicted octanol–water partition coefficient (Wildman–Crippen LogP) is 1.22. The van der Waals surface area contributed by atoms with Crippen LogP contribution in [0.1, 0.15) is 12.8 Å². The average molecular weight is 411 g/mol. The van der Waals surface area contributed by atoms with E-state index in [0.717, 1.165) is 24.3 Å². The van der Waals surface area contributed by atoms with Crippen molar-refractivity contribution < 1.29 is 34.9 Å². The summed E-state index contributed by atoms with van der Waals surface area (Å²) in [6.07, 6.45) is -0.253. The van der Waals surface area contributed by atoms with E-state index in [0.29, 0.717) is 0 Å². The molecule has 2 amide bonds. The van der Waals surface area contributed by atoms with Crippen LogP contribution in [0.2, 0.25) is 0 Å². The fourth-order valence-corrected chi connectivity index (χ4v) is 4.07. The van der Waals surface area contributed by atoms with Crippen LogP contribution in [0, 0.1) is 0 Å². The molecule has 0 aromatic heterocycles. The monoisotopic (exact) mass is 411 g/mol. The molecule has 1 saturated heterocycles. The van der Waals surface area contributed by atoms with Gasteiger partial charge in [0.05, 0.1) is 4.90 Å². The summed E-state index contributed by atoms with van der Waals surface area (Å²) in [5.74, 6) is -1.62. The molecule has 1 heterocycles. The highest BCUT2D eigenvalue weighted by molar-refractivity contribution is 7.87. The summed E-state index contributed by atoms with van der Waals surface area (Å²) in [5, 5.41) is 0.208. The lowest BCUT2D eigenvalue weighted by Crippen LogP contribution is -2.32. The molecule has 27 heavy (non-hydrogen) atoms. The van der Waals surface area contributed by atoms with E-state index >= 15 is 0 Å². The van der Waals surface area contributed by atoms with Gasteiger partial charge in [0.25, 0.3) is 11.8 Å². The molecule has 3 rings (SSSR count). The molecule has 0 N–H and O–H groups in total. The van der Waals surface area contributed by atoms with Crippen molar-refractivity contribution in [3.63, 3.8) is 0 Å². The summed E-state index contributed by atoms with van der Waals surface area (Å²) in [4.78, 5) is 22.5. The van der Waals surface area contributed by atoms with Crippen molar-refractivity contribution in [3.8, 4) is 5.75 Å². The summed E-state index contributed by atoms with van der Waals surface area (Å²) in [6, 6.07) is 11.7. The zero-order valence-corrected chi connectivity index (χ0v) is 15.3. The van der Waals surface area contributed by atoms with Gasteiger partial charge in [-0.05, 0) is 36.4 Å². The van der Waals surface area contributed by atoms with Crippen LogP contribution in [-0.4, -0.2) is 33.7 Å². The standard InChI is InChI=1S/C16H13NO8S2/c18-15-10-11-16(19)17(15)25-27(22,23)14-8-6-12(7-9-14)24-26(20,21)13-4-2-1-3-5-13/h1-9H,10-11H2. The number of carbonyl (C=O) groups is 2. The first-order valence-electron chi connectivity index (χ1n) is 7.59. The third kappa shape index (κ3) is 4.15. The molecule has 0 bridgehead atoms. The Labute approximate surface area is 155 Å². The summed E-state index contributed by atoms with van der Waals surface area (Å²) in [7, 11) is -8.52. The normalized spacial score (nSPS) is 15.2. The van der Waals surface area contributed by atoms with Crippen LogP contribution in [0.3, 0.4) is 0 Å². The zero-order valence-electron chi connectivity index (χ0n) is 13.6. The lowest BCUT2D eigenvalue weighted by Gasteiger charge is -2.13. The summed E-state index contributed by atoms with van der Waals surface area (Å²) in [5.41, 5.74) is 0. The Kier molecular flexibility index (Phi) is 5.00. The number of imide groups is 1. The smallest absolute Gasteiger partial charge is 0.339 e. The van der Waals surface area contributed by atoms with Crippen LogP contribution in [0.4, 0.5) is 0 Å². The van der Waals surface area contributed by atoms with Crippen molar-refractivity contribution in [3.05, 3.63) is 54.6 Å². The number of hydrogen-bond acceptors (Lipinski definition) is 8. The molecule has 9 nitrogen and oxygen atoms in total. The lowest BCUT2D eigenvalue weighted by atomic mass is 10.3. The minimum atomic E-state index is -4.44. The Morgan fingerprint density at radius 1 is 0.704 bits per heavy atom. The molecule has 0 radical (unpaired) electrons. The van der Waals surface area contributed by atoms with Crippen molar-refractivity contribution in [2.45, 2.75) is 22.6 Å². The number of nitrogens with zero attached hydrogens (tertiary/aromatic N) is 1. The van der Waals surface area contributed by atoms with E-state index in [4.69, 9.17) is 4.18 Å². The topological polar surface area (TPSA) is 124 Å². The van der Waals surface area contributed by atoms with Crippen molar-refractivity contribution in [1.29, 1.82) is 0 Å². The zero-order chi connectivity index (χ0) is 19.7. The third-order valence-corrected chi connectivity index (χ3v) is 5.98. The van der Waals surface area contributed by atoms with Gasteiger partial charge in [-0.25, -0.2) is 0 Å². The Morgan fingerprint density at radius 2 is 1.22 bits per heavy atom. The molecule has 1 aliphatic heterocycles. The molecule has 0 unspecified atom stereocenters. The maximum absolute atomic E-state index is 12.2. The quantitative estimate of drug-likeness (QED) is 0.513. The van der Waals surface area contributed by atoms with E-state index < -0.39 is 32.1 Å². The van der Waals surface area contributed by atoms with E-state index in [9.17, 15) is 26.4 Å². The molecule has 1 aliphatic rings. The second-order valence-corrected chi connectivity index (χ2v) is 8.51. The second kappa shape index (κ2) is 7.10. The molecule has 142 valence electrons. The molecule has 1 fully saturated rings. The number of hydrogen-bond donors (Lipinski definition) is 0. The first kappa shape index (κ1) is 19.0. The minimum Gasteiger partial charge on any atom is -0.379 e. The fraction of sp³-hybridized carbons (Fsp3) is 0.125. The second-order valence-electron chi connectivity index (χ2n) is 5.43. The van der Waals surface area contributed by atoms with Gasteiger partial charge in [0.1, 0.15) is 10.6 Å². The van der Waals surface area contributed by atoms with Crippen molar-refractivity contribution in [1.82, 2.24) is 5.06 Å². The molecule has 2 aromatic carbocycles. The third-order valence-electron chi connectivity index (χ3n) is 3.53. The number of amides is 2. The first-order chi connectivity index (χ1) is 12.7. The van der Waals surface area contributed by atoms with Crippen molar-refractivity contribution >= 4 is 32.1 Å². The summed E-state index contributed by atoms with van der Waals surface area (Å²) < 4.78 is 58.1. The van der Waals surface area contributed by atoms with E-state index in [2.05, 4.69) is 4.28 Å². The van der Waals surface area contributed by atoms with Crippen molar-refractivity contribution in [2.75, 3.05) is 0 Å². The van der Waals surface area contributed by atoms with Gasteiger partial charge in [0, 0.05) is 12.8 Å². The minimum absolute atomic E-state index is 0.0592. The number of hydroxylamine groups is 2. The van der Waals surface area contributed by atoms with Gasteiger partial charge >= 0.3 is 20.2 Å². The number of carbonyl (C=O) groups excluding carboxylic acids is 2. The van der Waals surface area contributed by atoms with Crippen LogP contribution >= 0.6 is 0 Å². The van der Waals surface area contributed by atoms with E-state index in [1.165, 1.54) is 24.3 Å². The maximum atomic E-state index is 12.2. The first-order valence-corrected chi connectivity index (χ1v) is 10.4. The van der Waals surface area contributed by atoms with Crippen LogP contribution in [-0.2, 0) is 34.1 Å². The highest BCUT2D eigenvalue weighted by Crippen LogP contribution is 2.23. The highest BCUT2D eigenvalue weighted by atomic mass is 32.2. The van der Waals surface area contributed by atoms with Gasteiger partial charge in [-0.3, -0.25) is 9.59 Å². The number of rotatable bonds is 6. The van der Waals surface area contributed by atoms with Crippen LogP contribution < -0.4 is 4.18 Å². The van der Waals surface area contributed by atoms with E-state index in [1.54, 1.807) is 6.07 Å². The lowest BCUT2D eigenvalue weighted by molar-refractivity contribution is -0.163. The molecule has 0 spiro atoms. The molecule has 0 aliphatic carbocycles. The SMILES string of the molecule is O=C1CCC(=O)N1OS(=O)(=O)c1ccc(OS(=O)(=O)c2ccccc2)cc1. The molecular formula is C16H13NO8S2. The van der Waals surface area contributed by atoms with E-state index in [-0.39, 0.29) is 33.4 Å². The molecule has 2 aromatic rings. The van der Waals surface area contributed by atoms with Crippen molar-refractivity contribution in [2.24, 2.45) is 0 Å². The number of benzene rings is 2. The van der Waals surface area contributed by atoms with Gasteiger partial charge in [0.15, 0.2) is 0 Å². The molecule has 11 heteroatoms. The fourth-order valence-electron chi connectivity index (χ4n) is 2.20. The summed E-state index contributed by atoms with van der Waals surface area (Å²) in [6.45, 7) is 0. The van der Waals surface area contributed by atoms with Gasteiger partial charge < -0.3 is 4.18 Å². The Hall–Kier alpha value is -2.76. The molecule has 0 atom stereocenters. The van der Waals surface area contributed by atoms with Gasteiger partial charge in [-0.1, -0.05) is 18.2 Å². The van der Waals surface area contributed by atoms with Gasteiger partial charge in [-0.15, -0.1) is 9.35 Å². The van der Waals surface area contributed by atoms with Crippen LogP contribution in [0.15, 0.2) is 64.4 Å². The predicted molar refractivity (Wildman–Crippen MR) is 90.1 cm³/mol. The summed E-state index contributed by atoms with van der Waals surface area (Å²) >= 11 is 0. The Bertz CT molecular complexity index is 1060. The highest BCUT2D eigenvalue weighted by Gasteiger charge is 2.35. The largest absolute Gasteiger partial charge is 0.379 e. The van der Waals surface area contributed by atoms with Crippen LogP contribution in [0.5, 0.6) is 5.75 Å². The van der Waals surface area contributed by atoms with E-state index in [1.807, 2.05) is 0 Å². The Morgan fingerprint density at radius 3 is 1.78 bits per heavy atom. The Balaban J connectivity index is 1.77. The van der Waals surface area contributed by atoms with Gasteiger partial charge in [0.2, 0.25) is 0 Å². The molecular weight excluding hydrogens is 398 g/mol.